The van der Waals surface area contributed by atoms with Crippen molar-refractivity contribution in [2.45, 2.75) is 65.7 Å². The summed E-state index contributed by atoms with van der Waals surface area (Å²) in [6, 6.07) is 1.14. The van der Waals surface area contributed by atoms with E-state index in [1.165, 1.54) is 12.8 Å². The van der Waals surface area contributed by atoms with Crippen molar-refractivity contribution in [3.05, 3.63) is 18.2 Å². The predicted octanol–water partition coefficient (Wildman–Crippen LogP) is 2.69. The summed E-state index contributed by atoms with van der Waals surface area (Å²) < 4.78 is 2.21. The third-order valence-corrected chi connectivity index (χ3v) is 4.60. The van der Waals surface area contributed by atoms with Crippen LogP contribution in [0.1, 0.15) is 46.4 Å². The third kappa shape index (κ3) is 7.13. The fourth-order valence-electron chi connectivity index (χ4n) is 3.18. The SMILES string of the molecule is CN=C(NCc1nccn1CC(C)C)NC1CCN(C(C)C)CC1.I. The maximum Gasteiger partial charge on any atom is 0.191 e. The molecule has 2 rings (SSSR count). The molecule has 25 heavy (non-hydrogen) atoms. The normalized spacial score (nSPS) is 17.0. The number of rotatable bonds is 6. The van der Waals surface area contributed by atoms with E-state index in [2.05, 4.69) is 64.0 Å². The number of hydrogen-bond donors (Lipinski definition) is 2. The molecule has 6 nitrogen and oxygen atoms in total. The summed E-state index contributed by atoms with van der Waals surface area (Å²) in [6.07, 6.45) is 6.26. The van der Waals surface area contributed by atoms with Crippen LogP contribution >= 0.6 is 24.0 Å². The van der Waals surface area contributed by atoms with Crippen LogP contribution in [0.2, 0.25) is 0 Å². The van der Waals surface area contributed by atoms with E-state index in [9.17, 15) is 0 Å². The molecule has 2 N–H and O–H groups in total. The number of aromatic nitrogens is 2. The van der Waals surface area contributed by atoms with Gasteiger partial charge in [-0.15, -0.1) is 24.0 Å². The van der Waals surface area contributed by atoms with Crippen LogP contribution in [0.4, 0.5) is 0 Å². The van der Waals surface area contributed by atoms with Crippen molar-refractivity contribution in [2.75, 3.05) is 20.1 Å². The Morgan fingerprint density at radius 1 is 1.28 bits per heavy atom. The molecule has 1 saturated heterocycles. The smallest absolute Gasteiger partial charge is 0.191 e. The van der Waals surface area contributed by atoms with Crippen LogP contribution in [0.25, 0.3) is 0 Å². The van der Waals surface area contributed by atoms with Crippen LogP contribution < -0.4 is 10.6 Å². The van der Waals surface area contributed by atoms with E-state index in [1.54, 1.807) is 0 Å². The number of hydrogen-bond acceptors (Lipinski definition) is 3. The van der Waals surface area contributed by atoms with Gasteiger partial charge in [0.05, 0.1) is 6.54 Å². The van der Waals surface area contributed by atoms with E-state index in [0.717, 1.165) is 31.4 Å². The third-order valence-electron chi connectivity index (χ3n) is 4.60. The first kappa shape index (κ1) is 22.2. The number of nitrogens with zero attached hydrogens (tertiary/aromatic N) is 4. The van der Waals surface area contributed by atoms with Crippen molar-refractivity contribution in [1.29, 1.82) is 0 Å². The Morgan fingerprint density at radius 3 is 2.52 bits per heavy atom. The molecule has 0 radical (unpaired) electrons. The highest BCUT2D eigenvalue weighted by Crippen LogP contribution is 2.12. The van der Waals surface area contributed by atoms with Crippen LogP contribution in [0.5, 0.6) is 0 Å². The number of likely N-dealkylation sites (tertiary alicyclic amines) is 1. The quantitative estimate of drug-likeness (QED) is 0.388. The molecule has 1 aliphatic heterocycles. The van der Waals surface area contributed by atoms with Crippen molar-refractivity contribution in [2.24, 2.45) is 10.9 Å². The van der Waals surface area contributed by atoms with E-state index in [4.69, 9.17) is 0 Å². The molecule has 1 aliphatic rings. The first-order valence-corrected chi connectivity index (χ1v) is 9.20. The standard InChI is InChI=1S/C18H34N6.HI/c1-14(2)13-24-11-8-20-17(24)12-21-18(19-5)22-16-6-9-23(10-7-16)15(3)4;/h8,11,14-16H,6-7,9-10,12-13H2,1-5H3,(H2,19,21,22);1H. The highest BCUT2D eigenvalue weighted by atomic mass is 127. The molecular formula is C18H35IN6. The largest absolute Gasteiger partial charge is 0.354 e. The van der Waals surface area contributed by atoms with E-state index < -0.39 is 0 Å². The van der Waals surface area contributed by atoms with Gasteiger partial charge in [0, 0.05) is 51.2 Å². The molecular weight excluding hydrogens is 427 g/mol. The van der Waals surface area contributed by atoms with Gasteiger partial charge < -0.3 is 20.1 Å². The van der Waals surface area contributed by atoms with Crippen LogP contribution in [0, 0.1) is 5.92 Å². The van der Waals surface area contributed by atoms with Gasteiger partial charge in [-0.1, -0.05) is 13.8 Å². The van der Waals surface area contributed by atoms with Gasteiger partial charge in [0.2, 0.25) is 0 Å². The van der Waals surface area contributed by atoms with Gasteiger partial charge in [-0.3, -0.25) is 4.99 Å². The maximum absolute atomic E-state index is 4.46. The van der Waals surface area contributed by atoms with E-state index >= 15 is 0 Å². The maximum atomic E-state index is 4.46. The fourth-order valence-corrected chi connectivity index (χ4v) is 3.18. The lowest BCUT2D eigenvalue weighted by Gasteiger charge is -2.35. The molecule has 1 fully saturated rings. The van der Waals surface area contributed by atoms with Crippen LogP contribution in [-0.2, 0) is 13.1 Å². The van der Waals surface area contributed by atoms with Gasteiger partial charge in [-0.2, -0.15) is 0 Å². The lowest BCUT2D eigenvalue weighted by Crippen LogP contribution is -2.49. The van der Waals surface area contributed by atoms with Crippen LogP contribution in [0.3, 0.4) is 0 Å². The molecule has 2 heterocycles. The molecule has 0 atom stereocenters. The fraction of sp³-hybridized carbons (Fsp3) is 0.778. The Balaban J connectivity index is 0.00000312. The molecule has 0 amide bonds. The lowest BCUT2D eigenvalue weighted by molar-refractivity contribution is 0.167. The minimum absolute atomic E-state index is 0. The molecule has 0 unspecified atom stereocenters. The molecule has 1 aromatic rings. The van der Waals surface area contributed by atoms with Crippen LogP contribution in [-0.4, -0.2) is 52.6 Å². The topological polar surface area (TPSA) is 57.5 Å². The van der Waals surface area contributed by atoms with E-state index in [0.29, 0.717) is 24.5 Å². The van der Waals surface area contributed by atoms with Gasteiger partial charge in [-0.05, 0) is 32.6 Å². The summed E-state index contributed by atoms with van der Waals surface area (Å²) in [5, 5.41) is 6.97. The Labute approximate surface area is 169 Å². The average Bonchev–Trinajstić information content (AvgIpc) is 2.98. The molecule has 0 saturated carbocycles. The summed E-state index contributed by atoms with van der Waals surface area (Å²) in [6.45, 7) is 13.0. The summed E-state index contributed by atoms with van der Waals surface area (Å²) in [7, 11) is 1.83. The Kier molecular flexibility index (Phi) is 9.78. The number of imidazole rings is 1. The van der Waals surface area contributed by atoms with Crippen molar-refractivity contribution in [1.82, 2.24) is 25.1 Å². The van der Waals surface area contributed by atoms with Gasteiger partial charge >= 0.3 is 0 Å². The number of guanidine groups is 1. The van der Waals surface area contributed by atoms with Gasteiger partial charge in [0.25, 0.3) is 0 Å². The van der Waals surface area contributed by atoms with E-state index in [1.807, 2.05) is 13.2 Å². The number of halogens is 1. The molecule has 0 aliphatic carbocycles. The molecule has 7 heteroatoms. The number of aliphatic imine (C=N–C) groups is 1. The Morgan fingerprint density at radius 2 is 1.96 bits per heavy atom. The first-order valence-electron chi connectivity index (χ1n) is 9.20. The van der Waals surface area contributed by atoms with Gasteiger partial charge in [0.1, 0.15) is 5.82 Å². The molecule has 144 valence electrons. The predicted molar refractivity (Wildman–Crippen MR) is 116 cm³/mol. The molecule has 1 aromatic heterocycles. The minimum atomic E-state index is 0. The summed E-state index contributed by atoms with van der Waals surface area (Å²) >= 11 is 0. The molecule has 0 bridgehead atoms. The zero-order chi connectivity index (χ0) is 17.5. The average molecular weight is 462 g/mol. The molecule has 0 aromatic carbocycles. The van der Waals surface area contributed by atoms with Crippen molar-refractivity contribution >= 4 is 29.9 Å². The van der Waals surface area contributed by atoms with E-state index in [-0.39, 0.29) is 24.0 Å². The zero-order valence-corrected chi connectivity index (χ0v) is 18.7. The summed E-state index contributed by atoms with van der Waals surface area (Å²) in [5.74, 6) is 2.54. The lowest BCUT2D eigenvalue weighted by atomic mass is 10.0. The second-order valence-electron chi connectivity index (χ2n) is 7.36. The summed E-state index contributed by atoms with van der Waals surface area (Å²) in [4.78, 5) is 11.4. The second-order valence-corrected chi connectivity index (χ2v) is 7.36. The summed E-state index contributed by atoms with van der Waals surface area (Å²) in [5.41, 5.74) is 0. The van der Waals surface area contributed by atoms with Crippen molar-refractivity contribution < 1.29 is 0 Å². The highest BCUT2D eigenvalue weighted by Gasteiger charge is 2.21. The molecule has 0 spiro atoms. The Hall–Kier alpha value is -0.830. The number of piperidine rings is 1. The minimum Gasteiger partial charge on any atom is -0.354 e. The zero-order valence-electron chi connectivity index (χ0n) is 16.3. The second kappa shape index (κ2) is 11.0. The van der Waals surface area contributed by atoms with Crippen LogP contribution in [0.15, 0.2) is 17.4 Å². The first-order chi connectivity index (χ1) is 11.5. The number of nitrogens with one attached hydrogen (secondary N) is 2. The monoisotopic (exact) mass is 462 g/mol. The van der Waals surface area contributed by atoms with Gasteiger partial charge in [0.15, 0.2) is 5.96 Å². The Bertz CT molecular complexity index is 517. The van der Waals surface area contributed by atoms with Crippen molar-refractivity contribution in [3.8, 4) is 0 Å². The van der Waals surface area contributed by atoms with Gasteiger partial charge in [-0.25, -0.2) is 4.98 Å². The highest BCUT2D eigenvalue weighted by molar-refractivity contribution is 14.0. The van der Waals surface area contributed by atoms with Crippen molar-refractivity contribution in [3.63, 3.8) is 0 Å².